The van der Waals surface area contributed by atoms with E-state index in [9.17, 15) is 14.7 Å². The van der Waals surface area contributed by atoms with Gasteiger partial charge in [0.05, 0.1) is 29.1 Å². The summed E-state index contributed by atoms with van der Waals surface area (Å²) >= 11 is 19.6. The number of halogens is 3. The maximum Gasteiger partial charge on any atom is 0.410 e. The zero-order chi connectivity index (χ0) is 38.1. The Morgan fingerprint density at radius 2 is 1.74 bits per heavy atom. The molecular weight excluding hydrogens is 739 g/mol. The summed E-state index contributed by atoms with van der Waals surface area (Å²) < 4.78 is 17.2. The minimum absolute atomic E-state index is 0.00783. The summed E-state index contributed by atoms with van der Waals surface area (Å²) in [5.41, 5.74) is 1.06. The number of hydrogen-bond donors (Lipinski definition) is 1. The number of ether oxygens (including phenoxy) is 3. The fourth-order valence-corrected chi connectivity index (χ4v) is 8.03. The first-order valence-corrected chi connectivity index (χ1v) is 19.4. The van der Waals surface area contributed by atoms with E-state index in [1.165, 1.54) is 4.90 Å². The van der Waals surface area contributed by atoms with Gasteiger partial charge in [-0.3, -0.25) is 4.79 Å². The lowest BCUT2D eigenvalue weighted by molar-refractivity contribution is -0.155. The first-order valence-electron chi connectivity index (χ1n) is 18.3. The van der Waals surface area contributed by atoms with Gasteiger partial charge in [-0.2, -0.15) is 0 Å². The van der Waals surface area contributed by atoms with Gasteiger partial charge >= 0.3 is 6.09 Å². The monoisotopic (exact) mass is 786 g/mol. The van der Waals surface area contributed by atoms with Crippen LogP contribution in [0.15, 0.2) is 48.7 Å². The molecule has 286 valence electrons. The van der Waals surface area contributed by atoms with Crippen LogP contribution >= 0.6 is 34.8 Å². The number of nitrogens with zero attached hydrogens (tertiary/aromatic N) is 4. The van der Waals surface area contributed by atoms with Crippen molar-refractivity contribution in [3.63, 3.8) is 0 Å². The van der Waals surface area contributed by atoms with Crippen molar-refractivity contribution in [2.45, 2.75) is 89.7 Å². The van der Waals surface area contributed by atoms with Crippen LogP contribution in [0.1, 0.15) is 68.7 Å². The zero-order valence-electron chi connectivity index (χ0n) is 31.0. The van der Waals surface area contributed by atoms with Gasteiger partial charge in [-0.05, 0) is 94.3 Å². The fourth-order valence-electron chi connectivity index (χ4n) is 7.17. The molecule has 2 saturated heterocycles. The van der Waals surface area contributed by atoms with Crippen LogP contribution < -0.4 is 9.64 Å². The van der Waals surface area contributed by atoms with Crippen LogP contribution in [0.5, 0.6) is 5.75 Å². The molecule has 10 nitrogen and oxygen atoms in total. The molecule has 0 spiro atoms. The predicted octanol–water partition coefficient (Wildman–Crippen LogP) is 7.83. The first kappa shape index (κ1) is 39.4. The molecule has 3 fully saturated rings. The van der Waals surface area contributed by atoms with Gasteiger partial charge < -0.3 is 34.0 Å². The number of likely N-dealkylation sites (tertiary alicyclic amines) is 1. The Balaban J connectivity index is 1.24. The molecule has 6 rings (SSSR count). The summed E-state index contributed by atoms with van der Waals surface area (Å²) in [6.45, 7) is 9.70. The summed E-state index contributed by atoms with van der Waals surface area (Å²) in [6, 6.07) is 13.2. The van der Waals surface area contributed by atoms with E-state index in [2.05, 4.69) is 4.90 Å². The second kappa shape index (κ2) is 16.2. The zero-order valence-corrected chi connectivity index (χ0v) is 33.3. The van der Waals surface area contributed by atoms with Crippen molar-refractivity contribution < 1.29 is 28.9 Å². The third-order valence-corrected chi connectivity index (χ3v) is 11.1. The molecule has 1 saturated carbocycles. The lowest BCUT2D eigenvalue weighted by Crippen LogP contribution is -2.58. The number of pyridine rings is 1. The van der Waals surface area contributed by atoms with Gasteiger partial charge in [0, 0.05) is 62.5 Å². The highest BCUT2D eigenvalue weighted by Gasteiger charge is 2.51. The number of benzene rings is 2. The molecule has 3 aromatic rings. The standard InChI is InChI=1S/C40H49Cl3N4O6/c1-25-18-33(42)36(34(43)19-25)52-30-12-15-45(23-30)35-11-7-28(21-44-35)40(50)14-16-46(38(49)53-39(2,3)4)24-31(40)37(48)47(29-8-9-29)22-27-20-26(13-17-51-5)6-10-32(27)41/h6-7,10-11,18-21,29-31,50H,8-9,12-17,22-24H2,1-5H3/t30-,31-,40+/m1/s1. The molecule has 13 heteroatoms. The average molecular weight is 788 g/mol. The molecule has 1 aliphatic carbocycles. The van der Waals surface area contributed by atoms with Gasteiger partial charge in [0.2, 0.25) is 5.91 Å². The van der Waals surface area contributed by atoms with Crippen molar-refractivity contribution in [1.29, 1.82) is 0 Å². The number of aliphatic hydroxyl groups is 1. The van der Waals surface area contributed by atoms with E-state index < -0.39 is 23.2 Å². The quantitative estimate of drug-likeness (QED) is 0.210. The lowest BCUT2D eigenvalue weighted by atomic mass is 9.75. The van der Waals surface area contributed by atoms with Crippen molar-refractivity contribution in [2.75, 3.05) is 44.8 Å². The number of amides is 2. The van der Waals surface area contributed by atoms with Crippen molar-refractivity contribution in [3.8, 4) is 5.75 Å². The Kier molecular flexibility index (Phi) is 12.1. The molecule has 3 aliphatic rings. The highest BCUT2D eigenvalue weighted by atomic mass is 35.5. The number of anilines is 1. The summed E-state index contributed by atoms with van der Waals surface area (Å²) in [5.74, 6) is -0.00743. The smallest absolute Gasteiger partial charge is 0.410 e. The van der Waals surface area contributed by atoms with E-state index in [1.54, 1.807) is 13.3 Å². The predicted molar refractivity (Wildman–Crippen MR) is 207 cm³/mol. The summed E-state index contributed by atoms with van der Waals surface area (Å²) in [4.78, 5) is 38.3. The van der Waals surface area contributed by atoms with Gasteiger partial charge in [-0.15, -0.1) is 0 Å². The number of methoxy groups -OCH3 is 1. The Labute approximate surface area is 327 Å². The molecule has 2 amide bonds. The van der Waals surface area contributed by atoms with E-state index in [-0.39, 0.29) is 44.1 Å². The van der Waals surface area contributed by atoms with E-state index in [1.807, 2.05) is 75.1 Å². The van der Waals surface area contributed by atoms with Crippen LogP contribution in [0.3, 0.4) is 0 Å². The molecule has 53 heavy (non-hydrogen) atoms. The van der Waals surface area contributed by atoms with Gasteiger partial charge in [0.15, 0.2) is 5.75 Å². The molecule has 0 bridgehead atoms. The van der Waals surface area contributed by atoms with Gasteiger partial charge in [-0.25, -0.2) is 9.78 Å². The van der Waals surface area contributed by atoms with Crippen LogP contribution in [-0.4, -0.2) is 89.5 Å². The Bertz CT molecular complexity index is 1780. The number of aromatic nitrogens is 1. The third-order valence-electron chi connectivity index (χ3n) is 10.2. The maximum absolute atomic E-state index is 14.8. The Morgan fingerprint density at radius 3 is 2.38 bits per heavy atom. The first-order chi connectivity index (χ1) is 25.1. The summed E-state index contributed by atoms with van der Waals surface area (Å²) in [7, 11) is 1.66. The van der Waals surface area contributed by atoms with E-state index in [4.69, 9.17) is 54.0 Å². The van der Waals surface area contributed by atoms with Gasteiger partial charge in [0.1, 0.15) is 23.1 Å². The number of hydrogen-bond acceptors (Lipinski definition) is 8. The summed E-state index contributed by atoms with van der Waals surface area (Å²) in [6.07, 6.45) is 4.30. The molecule has 1 aromatic heterocycles. The normalized spacial score (nSPS) is 21.8. The van der Waals surface area contributed by atoms with E-state index >= 15 is 0 Å². The van der Waals surface area contributed by atoms with Gasteiger partial charge in [-0.1, -0.05) is 53.0 Å². The minimum atomic E-state index is -1.59. The second-order valence-electron chi connectivity index (χ2n) is 15.5. The molecule has 2 aliphatic heterocycles. The summed E-state index contributed by atoms with van der Waals surface area (Å²) in [5, 5.41) is 14.1. The molecule has 3 atom stereocenters. The number of carbonyl (C=O) groups is 2. The van der Waals surface area contributed by atoms with E-state index in [0.29, 0.717) is 46.1 Å². The van der Waals surface area contributed by atoms with Crippen molar-refractivity contribution >= 4 is 52.6 Å². The largest absolute Gasteiger partial charge is 0.485 e. The van der Waals surface area contributed by atoms with Crippen LogP contribution in [0.25, 0.3) is 0 Å². The molecule has 3 heterocycles. The Hall–Kier alpha value is -3.28. The second-order valence-corrected chi connectivity index (χ2v) is 16.7. The number of rotatable bonds is 11. The molecule has 2 aromatic carbocycles. The van der Waals surface area contributed by atoms with Crippen molar-refractivity contribution in [3.05, 3.63) is 86.0 Å². The Morgan fingerprint density at radius 1 is 1.00 bits per heavy atom. The molecular formula is C40H49Cl3N4O6. The number of carbonyl (C=O) groups excluding carboxylic acids is 2. The molecule has 1 N–H and O–H groups in total. The van der Waals surface area contributed by atoms with Crippen LogP contribution in [0.2, 0.25) is 15.1 Å². The van der Waals surface area contributed by atoms with Gasteiger partial charge in [0.25, 0.3) is 0 Å². The van der Waals surface area contributed by atoms with Crippen molar-refractivity contribution in [1.82, 2.24) is 14.8 Å². The maximum atomic E-state index is 14.8. The number of piperidine rings is 1. The molecule has 0 unspecified atom stereocenters. The van der Waals surface area contributed by atoms with Crippen molar-refractivity contribution in [2.24, 2.45) is 5.92 Å². The average Bonchev–Trinajstić information content (AvgIpc) is 3.84. The molecule has 0 radical (unpaired) electrons. The third kappa shape index (κ3) is 9.34. The highest BCUT2D eigenvalue weighted by molar-refractivity contribution is 6.37. The van der Waals surface area contributed by atoms with Crippen LogP contribution in [-0.2, 0) is 32.8 Å². The minimum Gasteiger partial charge on any atom is -0.485 e. The highest BCUT2D eigenvalue weighted by Crippen LogP contribution is 2.42. The topological polar surface area (TPSA) is 105 Å². The lowest BCUT2D eigenvalue weighted by Gasteiger charge is -2.45. The number of aryl methyl sites for hydroxylation is 1. The van der Waals surface area contributed by atoms with Crippen LogP contribution in [0, 0.1) is 12.8 Å². The van der Waals surface area contributed by atoms with Crippen LogP contribution in [0.4, 0.5) is 10.6 Å². The SMILES string of the molecule is COCCc1ccc(Cl)c(CN(C(=O)[C@H]2CN(C(=O)OC(C)(C)C)CC[C@]2(O)c2ccc(N3CC[C@@H](Oc4c(Cl)cc(C)cc4Cl)C3)nc2)C2CC2)c1. The fraction of sp³-hybridized carbons (Fsp3) is 0.525. The van der Waals surface area contributed by atoms with E-state index in [0.717, 1.165) is 48.2 Å².